The fourth-order valence-corrected chi connectivity index (χ4v) is 0.632. The van der Waals surface area contributed by atoms with Gasteiger partial charge in [-0.3, -0.25) is 14.3 Å². The van der Waals surface area contributed by atoms with Crippen LogP contribution in [-0.4, -0.2) is 16.5 Å². The van der Waals surface area contributed by atoms with E-state index in [0.717, 1.165) is 0 Å². The summed E-state index contributed by atoms with van der Waals surface area (Å²) in [6.45, 7) is 0. The molecule has 0 aliphatic carbocycles. The molecule has 0 radical (unpaired) electrons. The van der Waals surface area contributed by atoms with Gasteiger partial charge in [-0.2, -0.15) is 13.2 Å². The maximum absolute atomic E-state index is 11.4. The Bertz CT molecular complexity index is 180. The molecule has 0 aromatic rings. The molecule has 0 rings (SSSR count). The second-order valence-electron chi connectivity index (χ2n) is 1.29. The van der Waals surface area contributed by atoms with Gasteiger partial charge in [0.05, 0.1) is 0 Å². The SMILES string of the molecule is O=C(NS)SC(=O)C(F)(F)F. The molecule has 0 atom stereocenters. The van der Waals surface area contributed by atoms with Crippen LogP contribution in [0.25, 0.3) is 0 Å². The van der Waals surface area contributed by atoms with E-state index in [1.807, 2.05) is 0 Å². The van der Waals surface area contributed by atoms with Crippen molar-refractivity contribution in [3.05, 3.63) is 0 Å². The van der Waals surface area contributed by atoms with E-state index in [4.69, 9.17) is 0 Å². The molecule has 0 aromatic carbocycles. The van der Waals surface area contributed by atoms with Gasteiger partial charge in [0.15, 0.2) is 0 Å². The first-order valence-electron chi connectivity index (χ1n) is 2.11. The van der Waals surface area contributed by atoms with Crippen molar-refractivity contribution in [3.8, 4) is 0 Å². The van der Waals surface area contributed by atoms with Crippen molar-refractivity contribution in [1.82, 2.24) is 4.72 Å². The molecule has 0 saturated heterocycles. The summed E-state index contributed by atoms with van der Waals surface area (Å²) in [7, 11) is 0. The van der Waals surface area contributed by atoms with Crippen molar-refractivity contribution in [1.29, 1.82) is 0 Å². The number of hydrogen-bond donors (Lipinski definition) is 2. The highest BCUT2D eigenvalue weighted by atomic mass is 32.2. The molecule has 0 bridgehead atoms. The maximum Gasteiger partial charge on any atom is 0.461 e. The fraction of sp³-hybridized carbons (Fsp3) is 0.333. The van der Waals surface area contributed by atoms with Gasteiger partial charge in [0.2, 0.25) is 0 Å². The lowest BCUT2D eigenvalue weighted by atomic mass is 10.8. The number of nitrogens with one attached hydrogen (secondary N) is 1. The van der Waals surface area contributed by atoms with E-state index in [2.05, 4.69) is 12.8 Å². The van der Waals surface area contributed by atoms with Crippen molar-refractivity contribution in [2.75, 3.05) is 0 Å². The zero-order valence-corrected chi connectivity index (χ0v) is 6.52. The summed E-state index contributed by atoms with van der Waals surface area (Å²) in [5.41, 5.74) is 0. The van der Waals surface area contributed by atoms with E-state index in [0.29, 0.717) is 0 Å². The number of carbonyl (C=O) groups is 2. The lowest BCUT2D eigenvalue weighted by Crippen LogP contribution is -2.22. The number of hydrogen-bond acceptors (Lipinski definition) is 4. The van der Waals surface area contributed by atoms with Crippen LogP contribution in [-0.2, 0) is 4.79 Å². The number of rotatable bonds is 0. The standard InChI is InChI=1S/C3H2F3NO2S2/c4-3(5,6)1(8)11-2(9)7-10/h10H,(H,7,9). The third-order valence-corrected chi connectivity index (χ3v) is 1.57. The third kappa shape index (κ3) is 4.14. The second kappa shape index (κ2) is 3.86. The van der Waals surface area contributed by atoms with Crippen molar-refractivity contribution >= 4 is 34.9 Å². The minimum Gasteiger partial charge on any atom is -0.293 e. The Labute approximate surface area is 69.3 Å². The topological polar surface area (TPSA) is 46.2 Å². The summed E-state index contributed by atoms with van der Waals surface area (Å²) < 4.78 is 35.7. The van der Waals surface area contributed by atoms with Gasteiger partial charge in [0.1, 0.15) is 0 Å². The smallest absolute Gasteiger partial charge is 0.293 e. The quantitative estimate of drug-likeness (QED) is 0.587. The Hall–Kier alpha value is -0.370. The van der Waals surface area contributed by atoms with Crippen LogP contribution in [0.2, 0.25) is 0 Å². The highest BCUT2D eigenvalue weighted by molar-refractivity contribution is 8.26. The third-order valence-electron chi connectivity index (χ3n) is 0.508. The molecule has 0 fully saturated rings. The predicted molar refractivity (Wildman–Crippen MR) is 36.2 cm³/mol. The van der Waals surface area contributed by atoms with E-state index < -0.39 is 28.3 Å². The van der Waals surface area contributed by atoms with Crippen LogP contribution < -0.4 is 4.72 Å². The molecule has 0 aromatic heterocycles. The van der Waals surface area contributed by atoms with Crippen molar-refractivity contribution in [2.45, 2.75) is 6.18 Å². The molecular weight excluding hydrogens is 203 g/mol. The fourth-order valence-electron chi connectivity index (χ4n) is 0.165. The molecule has 0 saturated carbocycles. The molecule has 0 aliphatic rings. The minimum atomic E-state index is -4.98. The largest absolute Gasteiger partial charge is 0.461 e. The van der Waals surface area contributed by atoms with Crippen LogP contribution in [0.4, 0.5) is 18.0 Å². The normalized spacial score (nSPS) is 10.9. The molecule has 0 spiro atoms. The lowest BCUT2D eigenvalue weighted by molar-refractivity contribution is -0.160. The van der Waals surface area contributed by atoms with E-state index in [9.17, 15) is 22.8 Å². The first-order valence-corrected chi connectivity index (χ1v) is 3.37. The molecule has 0 unspecified atom stereocenters. The Kier molecular flexibility index (Phi) is 3.73. The number of carbonyl (C=O) groups excluding carboxylic acids is 2. The van der Waals surface area contributed by atoms with E-state index in [-0.39, 0.29) is 0 Å². The van der Waals surface area contributed by atoms with E-state index in [1.165, 1.54) is 0 Å². The van der Waals surface area contributed by atoms with E-state index in [1.54, 1.807) is 4.72 Å². The predicted octanol–water partition coefficient (Wildman–Crippen LogP) is 1.36. The zero-order valence-electron chi connectivity index (χ0n) is 4.81. The molecule has 11 heavy (non-hydrogen) atoms. The van der Waals surface area contributed by atoms with Crippen molar-refractivity contribution in [3.63, 3.8) is 0 Å². The zero-order chi connectivity index (χ0) is 9.07. The van der Waals surface area contributed by atoms with Gasteiger partial charge in [-0.15, -0.1) is 0 Å². The lowest BCUT2D eigenvalue weighted by Gasteiger charge is -2.01. The Morgan fingerprint density at radius 2 is 1.82 bits per heavy atom. The van der Waals surface area contributed by atoms with Gasteiger partial charge in [-0.05, 0) is 0 Å². The first-order chi connectivity index (χ1) is 4.88. The van der Waals surface area contributed by atoms with Gasteiger partial charge in [-0.1, -0.05) is 12.8 Å². The van der Waals surface area contributed by atoms with E-state index >= 15 is 0 Å². The Morgan fingerprint density at radius 3 is 2.09 bits per heavy atom. The highest BCUT2D eigenvalue weighted by Crippen LogP contribution is 2.23. The first kappa shape index (κ1) is 10.6. The number of thiol groups is 1. The molecule has 1 amide bonds. The van der Waals surface area contributed by atoms with Gasteiger partial charge in [0.25, 0.3) is 5.24 Å². The monoisotopic (exact) mass is 205 g/mol. The van der Waals surface area contributed by atoms with Gasteiger partial charge in [-0.25, -0.2) is 0 Å². The molecule has 1 N–H and O–H groups in total. The number of halogens is 3. The van der Waals surface area contributed by atoms with Crippen molar-refractivity contribution < 1.29 is 22.8 Å². The van der Waals surface area contributed by atoms with Crippen LogP contribution in [0.3, 0.4) is 0 Å². The minimum absolute atomic E-state index is 0.484. The number of amides is 1. The molecule has 0 heterocycles. The molecule has 0 aliphatic heterocycles. The summed E-state index contributed by atoms with van der Waals surface area (Å²) in [5, 5.41) is -3.32. The highest BCUT2D eigenvalue weighted by Gasteiger charge is 2.40. The van der Waals surface area contributed by atoms with Crippen LogP contribution in [0.1, 0.15) is 0 Å². The van der Waals surface area contributed by atoms with Crippen LogP contribution in [0.5, 0.6) is 0 Å². The molecular formula is C3H2F3NO2S2. The summed E-state index contributed by atoms with van der Waals surface area (Å²) >= 11 is 2.66. The van der Waals surface area contributed by atoms with Crippen LogP contribution in [0, 0.1) is 0 Å². The van der Waals surface area contributed by atoms with Gasteiger partial charge in [0, 0.05) is 11.8 Å². The molecule has 3 nitrogen and oxygen atoms in total. The Morgan fingerprint density at radius 1 is 1.36 bits per heavy atom. The summed E-state index contributed by atoms with van der Waals surface area (Å²) in [6.07, 6.45) is -4.98. The van der Waals surface area contributed by atoms with Crippen LogP contribution >= 0.6 is 24.6 Å². The summed E-state index contributed by atoms with van der Waals surface area (Å²) in [6, 6.07) is 0. The second-order valence-corrected chi connectivity index (χ2v) is 2.46. The summed E-state index contributed by atoms with van der Waals surface area (Å²) in [4.78, 5) is 20.1. The maximum atomic E-state index is 11.4. The summed E-state index contributed by atoms with van der Waals surface area (Å²) in [5.74, 6) is 0. The number of alkyl halides is 3. The number of thioether (sulfide) groups is 1. The average molecular weight is 205 g/mol. The van der Waals surface area contributed by atoms with Gasteiger partial charge >= 0.3 is 11.3 Å². The van der Waals surface area contributed by atoms with Crippen molar-refractivity contribution in [2.24, 2.45) is 0 Å². The average Bonchev–Trinajstić information content (AvgIpc) is 1.85. The Balaban J connectivity index is 3.99. The molecule has 64 valence electrons. The molecule has 8 heteroatoms. The van der Waals surface area contributed by atoms with Crippen LogP contribution in [0.15, 0.2) is 0 Å². The van der Waals surface area contributed by atoms with Gasteiger partial charge < -0.3 is 0 Å².